The second-order valence-corrected chi connectivity index (χ2v) is 8.71. The Morgan fingerprint density at radius 2 is 1.64 bits per heavy atom. The second kappa shape index (κ2) is 11.4. The summed E-state index contributed by atoms with van der Waals surface area (Å²) in [5.74, 6) is 1.35. The molecule has 0 amide bonds. The third kappa shape index (κ3) is 5.79. The van der Waals surface area contributed by atoms with Crippen molar-refractivity contribution in [2.75, 3.05) is 67.5 Å². The fraction of sp³-hybridized carbons (Fsp3) is 0.542. The lowest BCUT2D eigenvalue weighted by atomic mass is 10.2. The average Bonchev–Trinajstić information content (AvgIpc) is 3.14. The van der Waals surface area contributed by atoms with Gasteiger partial charge in [0.25, 0.3) is 0 Å². The molecule has 0 spiro atoms. The summed E-state index contributed by atoms with van der Waals surface area (Å²) in [6, 6.07) is 8.38. The number of β-amino-alcohol motifs (C(OH)–C–C–N with tert-alkyl or cyclic N) is 1. The number of benzene rings is 1. The van der Waals surface area contributed by atoms with Gasteiger partial charge in [0.15, 0.2) is 0 Å². The topological polar surface area (TPSA) is 118 Å². The number of piperazine rings is 1. The minimum absolute atomic E-state index is 0.216. The lowest BCUT2D eigenvalue weighted by molar-refractivity contribution is 0.189. The lowest BCUT2D eigenvalue weighted by Gasteiger charge is -2.35. The first-order chi connectivity index (χ1) is 16.2. The Morgan fingerprint density at radius 1 is 0.939 bits per heavy atom. The molecule has 1 aromatic carbocycles. The van der Waals surface area contributed by atoms with Gasteiger partial charge >= 0.3 is 0 Å². The summed E-state index contributed by atoms with van der Waals surface area (Å²) in [5, 5.41) is 20.4. The highest BCUT2D eigenvalue weighted by Gasteiger charge is 2.19. The maximum absolute atomic E-state index is 9.13. The zero-order valence-corrected chi connectivity index (χ0v) is 19.3. The Labute approximate surface area is 196 Å². The molecule has 0 radical (unpaired) electrons. The quantitative estimate of drug-likeness (QED) is 0.450. The van der Waals surface area contributed by atoms with Crippen LogP contribution in [-0.4, -0.2) is 78.6 Å². The van der Waals surface area contributed by atoms with E-state index in [-0.39, 0.29) is 13.2 Å². The molecule has 33 heavy (non-hydrogen) atoms. The van der Waals surface area contributed by atoms with E-state index in [9.17, 15) is 0 Å². The molecule has 0 aliphatic carbocycles. The van der Waals surface area contributed by atoms with Crippen LogP contribution >= 0.6 is 0 Å². The van der Waals surface area contributed by atoms with Gasteiger partial charge in [0.05, 0.1) is 12.3 Å². The molecule has 2 fully saturated rings. The zero-order valence-electron chi connectivity index (χ0n) is 19.3. The maximum atomic E-state index is 9.13. The van der Waals surface area contributed by atoms with E-state index in [0.717, 1.165) is 69.9 Å². The fourth-order valence-electron chi connectivity index (χ4n) is 4.59. The van der Waals surface area contributed by atoms with Crippen molar-refractivity contribution >= 4 is 29.4 Å². The van der Waals surface area contributed by atoms with Gasteiger partial charge < -0.3 is 31.4 Å². The van der Waals surface area contributed by atoms with Gasteiger partial charge in [-0.25, -0.2) is 4.98 Å². The highest BCUT2D eigenvalue weighted by atomic mass is 16.3. The number of nitrogens with one attached hydrogen (secondary N) is 2. The van der Waals surface area contributed by atoms with Crippen LogP contribution < -0.4 is 20.9 Å². The van der Waals surface area contributed by atoms with E-state index in [2.05, 4.69) is 49.3 Å². The van der Waals surface area contributed by atoms with Crippen molar-refractivity contribution < 1.29 is 5.11 Å². The van der Waals surface area contributed by atoms with Gasteiger partial charge in [0.1, 0.15) is 5.82 Å². The summed E-state index contributed by atoms with van der Waals surface area (Å²) in [7, 11) is 0. The number of hydrogen-bond donors (Lipinski definition) is 4. The fourth-order valence-corrected chi connectivity index (χ4v) is 4.59. The van der Waals surface area contributed by atoms with E-state index < -0.39 is 0 Å². The van der Waals surface area contributed by atoms with Crippen LogP contribution in [0.25, 0.3) is 0 Å². The van der Waals surface area contributed by atoms with Gasteiger partial charge in [-0.05, 0) is 37.1 Å². The molecule has 3 heterocycles. The molecule has 0 atom stereocenters. The van der Waals surface area contributed by atoms with Gasteiger partial charge in [-0.1, -0.05) is 12.8 Å². The van der Waals surface area contributed by atoms with Gasteiger partial charge in [-0.3, -0.25) is 4.90 Å². The van der Waals surface area contributed by atoms with Crippen LogP contribution in [0.1, 0.15) is 36.9 Å². The minimum atomic E-state index is 0.216. The SMILES string of the molecule is N=Cc1nc(N2CCCCCC2)nc(Nc2ccc(N3CCN(CCO)CC3)cc2)c1CN. The molecule has 1 aromatic heterocycles. The van der Waals surface area contributed by atoms with Crippen LogP contribution in [0.4, 0.5) is 23.1 Å². The number of aromatic nitrogens is 2. The molecule has 0 saturated carbocycles. The summed E-state index contributed by atoms with van der Waals surface area (Å²) in [5.41, 5.74) is 9.48. The third-order valence-electron chi connectivity index (χ3n) is 6.54. The predicted octanol–water partition coefficient (Wildman–Crippen LogP) is 2.17. The van der Waals surface area contributed by atoms with Crippen LogP contribution in [0.3, 0.4) is 0 Å². The standard InChI is InChI=1S/C24H36N8O/c25-17-21-22(18-26)28-24(32-9-3-1-2-4-10-32)29-23(21)27-19-5-7-20(8-6-19)31-13-11-30(12-14-31)15-16-33/h5-8,18,26,33H,1-4,9-17,25H2,(H,27,28,29). The predicted molar refractivity (Wildman–Crippen MR) is 134 cm³/mol. The second-order valence-electron chi connectivity index (χ2n) is 8.71. The van der Waals surface area contributed by atoms with E-state index >= 15 is 0 Å². The number of aliphatic hydroxyl groups is 1. The first-order valence-electron chi connectivity index (χ1n) is 12.0. The molecule has 0 unspecified atom stereocenters. The van der Waals surface area contributed by atoms with Gasteiger partial charge in [0, 0.05) is 75.5 Å². The van der Waals surface area contributed by atoms with E-state index in [4.69, 9.17) is 21.2 Å². The van der Waals surface area contributed by atoms with Crippen LogP contribution in [0.5, 0.6) is 0 Å². The normalized spacial score (nSPS) is 17.6. The number of nitrogens with zero attached hydrogens (tertiary/aromatic N) is 5. The third-order valence-corrected chi connectivity index (χ3v) is 6.54. The van der Waals surface area contributed by atoms with E-state index in [1.54, 1.807) is 0 Å². The van der Waals surface area contributed by atoms with Crippen molar-refractivity contribution in [3.63, 3.8) is 0 Å². The summed E-state index contributed by atoms with van der Waals surface area (Å²) in [4.78, 5) is 16.4. The van der Waals surface area contributed by atoms with E-state index in [0.29, 0.717) is 17.5 Å². The Hall–Kier alpha value is -2.75. The van der Waals surface area contributed by atoms with Crippen molar-refractivity contribution in [1.82, 2.24) is 14.9 Å². The van der Waals surface area contributed by atoms with Crippen molar-refractivity contribution in [3.8, 4) is 0 Å². The molecule has 2 aromatic rings. The molecule has 0 bridgehead atoms. The van der Waals surface area contributed by atoms with Gasteiger partial charge in [-0.15, -0.1) is 0 Å². The summed E-state index contributed by atoms with van der Waals surface area (Å²) in [6.07, 6.45) is 6.03. The van der Waals surface area contributed by atoms with Crippen molar-refractivity contribution in [2.45, 2.75) is 32.2 Å². The van der Waals surface area contributed by atoms with Crippen LogP contribution in [0.2, 0.25) is 0 Å². The number of rotatable bonds is 8. The van der Waals surface area contributed by atoms with Crippen LogP contribution in [0, 0.1) is 5.41 Å². The minimum Gasteiger partial charge on any atom is -0.395 e. The molecule has 9 nitrogen and oxygen atoms in total. The van der Waals surface area contributed by atoms with Crippen LogP contribution in [-0.2, 0) is 6.54 Å². The molecule has 9 heteroatoms. The maximum Gasteiger partial charge on any atom is 0.227 e. The van der Waals surface area contributed by atoms with Crippen molar-refractivity contribution in [3.05, 3.63) is 35.5 Å². The molecular weight excluding hydrogens is 416 g/mol. The molecule has 2 aliphatic heterocycles. The Morgan fingerprint density at radius 3 is 2.24 bits per heavy atom. The highest BCUT2D eigenvalue weighted by Crippen LogP contribution is 2.26. The first kappa shape index (κ1) is 23.4. The average molecular weight is 453 g/mol. The number of nitrogens with two attached hydrogens (primary N) is 1. The lowest BCUT2D eigenvalue weighted by Crippen LogP contribution is -2.47. The smallest absolute Gasteiger partial charge is 0.227 e. The molecule has 4 rings (SSSR count). The number of aliphatic hydroxyl groups excluding tert-OH is 1. The number of hydrogen-bond acceptors (Lipinski definition) is 9. The van der Waals surface area contributed by atoms with E-state index in [1.165, 1.54) is 24.7 Å². The molecule has 178 valence electrons. The largest absolute Gasteiger partial charge is 0.395 e. The van der Waals surface area contributed by atoms with Gasteiger partial charge in [-0.2, -0.15) is 4.98 Å². The summed E-state index contributed by atoms with van der Waals surface area (Å²) < 4.78 is 0. The first-order valence-corrected chi connectivity index (χ1v) is 12.0. The summed E-state index contributed by atoms with van der Waals surface area (Å²) in [6.45, 7) is 6.96. The number of anilines is 4. The van der Waals surface area contributed by atoms with Crippen molar-refractivity contribution in [2.24, 2.45) is 5.73 Å². The Kier molecular flexibility index (Phi) is 8.09. The monoisotopic (exact) mass is 452 g/mol. The molecule has 5 N–H and O–H groups in total. The molecular formula is C24H36N8O. The Balaban J connectivity index is 1.50. The zero-order chi connectivity index (χ0) is 23.0. The Bertz CT molecular complexity index is 903. The van der Waals surface area contributed by atoms with Crippen LogP contribution in [0.15, 0.2) is 24.3 Å². The molecule has 2 aliphatic rings. The van der Waals surface area contributed by atoms with E-state index in [1.807, 2.05) is 0 Å². The highest BCUT2D eigenvalue weighted by molar-refractivity contribution is 5.81. The van der Waals surface area contributed by atoms with Gasteiger partial charge in [0.2, 0.25) is 5.95 Å². The molecule has 2 saturated heterocycles. The van der Waals surface area contributed by atoms with Crippen molar-refractivity contribution in [1.29, 1.82) is 5.41 Å². The summed E-state index contributed by atoms with van der Waals surface area (Å²) >= 11 is 0.